The third-order valence-electron chi connectivity index (χ3n) is 4.14. The lowest BCUT2D eigenvalue weighted by Gasteiger charge is -2.16. The molecule has 0 aliphatic carbocycles. The van der Waals surface area contributed by atoms with Gasteiger partial charge in [0, 0.05) is 13.2 Å². The molecule has 2 N–H and O–H groups in total. The van der Waals surface area contributed by atoms with Gasteiger partial charge >= 0.3 is 12.1 Å². The molecule has 0 fully saturated rings. The Morgan fingerprint density at radius 2 is 1.85 bits per heavy atom. The summed E-state index contributed by atoms with van der Waals surface area (Å²) in [5, 5.41) is 0. The van der Waals surface area contributed by atoms with Gasteiger partial charge in [0.25, 0.3) is 5.56 Å². The lowest BCUT2D eigenvalue weighted by molar-refractivity contribution is -0.142. The van der Waals surface area contributed by atoms with Crippen LogP contribution in [0.1, 0.15) is 16.7 Å². The molecule has 0 aliphatic heterocycles. The minimum atomic E-state index is -4.56. The molecule has 0 saturated heterocycles. The molecule has 5 nitrogen and oxygen atoms in total. The van der Waals surface area contributed by atoms with Crippen molar-refractivity contribution in [2.24, 2.45) is 12.8 Å². The van der Waals surface area contributed by atoms with E-state index in [0.29, 0.717) is 11.1 Å². The van der Waals surface area contributed by atoms with E-state index in [-0.39, 0.29) is 17.5 Å². The molecule has 2 rings (SSSR count). The zero-order valence-corrected chi connectivity index (χ0v) is 14.6. The van der Waals surface area contributed by atoms with Crippen LogP contribution in [-0.2, 0) is 29.2 Å². The third kappa shape index (κ3) is 3.96. The summed E-state index contributed by atoms with van der Waals surface area (Å²) in [6, 6.07) is 5.50. The molecule has 1 aromatic heterocycles. The minimum Gasteiger partial charge on any atom is -0.468 e. The highest BCUT2D eigenvalue weighted by atomic mass is 19.4. The van der Waals surface area contributed by atoms with Crippen LogP contribution in [-0.4, -0.2) is 23.7 Å². The van der Waals surface area contributed by atoms with E-state index < -0.39 is 29.3 Å². The fourth-order valence-corrected chi connectivity index (χ4v) is 2.74. The number of hydrogen-bond donors (Lipinski definition) is 1. The summed E-state index contributed by atoms with van der Waals surface area (Å²) in [5.41, 5.74) is 5.25. The summed E-state index contributed by atoms with van der Waals surface area (Å²) in [6.07, 6.45) is -3.55. The number of nitrogens with zero attached hydrogens (tertiary/aromatic N) is 1. The highest BCUT2D eigenvalue weighted by molar-refractivity contribution is 5.75. The molecule has 0 bridgehead atoms. The molecule has 8 heteroatoms. The molecule has 0 aliphatic rings. The van der Waals surface area contributed by atoms with E-state index in [1.54, 1.807) is 24.3 Å². The second-order valence-electron chi connectivity index (χ2n) is 5.99. The maximum absolute atomic E-state index is 13.2. The maximum atomic E-state index is 13.2. The number of esters is 1. The van der Waals surface area contributed by atoms with Gasteiger partial charge in [0.05, 0.1) is 18.2 Å². The van der Waals surface area contributed by atoms with Crippen molar-refractivity contribution in [3.8, 4) is 11.1 Å². The molecule has 0 amide bonds. The third-order valence-corrected chi connectivity index (χ3v) is 4.14. The second-order valence-corrected chi connectivity index (χ2v) is 5.99. The van der Waals surface area contributed by atoms with Crippen LogP contribution in [0, 0.1) is 6.92 Å². The predicted octanol–water partition coefficient (Wildman–Crippen LogP) is 2.42. The number of rotatable bonds is 4. The first-order valence-electron chi connectivity index (χ1n) is 7.76. The number of aryl methyl sites for hydroxylation is 1. The first-order chi connectivity index (χ1) is 12.1. The van der Waals surface area contributed by atoms with Gasteiger partial charge in [-0.3, -0.25) is 9.59 Å². The zero-order valence-electron chi connectivity index (χ0n) is 14.6. The molecule has 2 aromatic rings. The lowest BCUT2D eigenvalue weighted by atomic mass is 9.96. The first kappa shape index (κ1) is 19.7. The highest BCUT2D eigenvalue weighted by Crippen LogP contribution is 2.34. The Kier molecular flexibility index (Phi) is 5.56. The maximum Gasteiger partial charge on any atom is 0.418 e. The summed E-state index contributed by atoms with van der Waals surface area (Å²) >= 11 is 0. The number of pyridine rings is 1. The Balaban J connectivity index is 2.45. The van der Waals surface area contributed by atoms with Crippen LogP contribution in [0.4, 0.5) is 13.2 Å². The highest BCUT2D eigenvalue weighted by Gasteiger charge is 2.34. The number of nitrogens with two attached hydrogens (primary N) is 1. The quantitative estimate of drug-likeness (QED) is 0.841. The normalized spacial score (nSPS) is 12.7. The van der Waals surface area contributed by atoms with Crippen molar-refractivity contribution in [1.29, 1.82) is 0 Å². The molecule has 0 saturated carbocycles. The largest absolute Gasteiger partial charge is 0.468 e. The van der Waals surface area contributed by atoms with Crippen molar-refractivity contribution in [2.75, 3.05) is 7.11 Å². The lowest BCUT2D eigenvalue weighted by Crippen LogP contribution is -2.33. The molecular weight excluding hydrogens is 349 g/mol. The van der Waals surface area contributed by atoms with Crippen molar-refractivity contribution in [2.45, 2.75) is 25.6 Å². The SMILES string of the molecule is COC(=O)[C@@H](N)Cc1ccc(-c2c(C)c(C(F)(F)F)cn(C)c2=O)cc1. The van der Waals surface area contributed by atoms with Crippen molar-refractivity contribution in [3.05, 3.63) is 57.5 Å². The molecular formula is C18H19F3N2O3. The van der Waals surface area contributed by atoms with Gasteiger partial charge in [0.1, 0.15) is 6.04 Å². The minimum absolute atomic E-state index is 0.00820. The van der Waals surface area contributed by atoms with Gasteiger partial charge in [-0.1, -0.05) is 24.3 Å². The Morgan fingerprint density at radius 3 is 2.35 bits per heavy atom. The van der Waals surface area contributed by atoms with Gasteiger partial charge in [0.2, 0.25) is 0 Å². The number of hydrogen-bond acceptors (Lipinski definition) is 4. The Labute approximate surface area is 148 Å². The number of ether oxygens (including phenoxy) is 1. The molecule has 0 unspecified atom stereocenters. The molecule has 1 aromatic carbocycles. The summed E-state index contributed by atoms with van der Waals surface area (Å²) in [4.78, 5) is 23.7. The summed E-state index contributed by atoms with van der Waals surface area (Å²) < 4.78 is 45.1. The molecule has 0 radical (unpaired) electrons. The van der Waals surface area contributed by atoms with Crippen LogP contribution in [0.25, 0.3) is 11.1 Å². The summed E-state index contributed by atoms with van der Waals surface area (Å²) in [5.74, 6) is -0.559. The van der Waals surface area contributed by atoms with E-state index in [1.807, 2.05) is 0 Å². The number of methoxy groups -OCH3 is 1. The van der Waals surface area contributed by atoms with Crippen molar-refractivity contribution >= 4 is 5.97 Å². The van der Waals surface area contributed by atoms with E-state index in [4.69, 9.17) is 5.73 Å². The standard InChI is InChI=1S/C18H19F3N2O3/c1-10-13(18(19,20)21)9-23(2)16(24)15(10)12-6-4-11(5-7-12)8-14(22)17(25)26-3/h4-7,9,14H,8,22H2,1-3H3/t14-/m0/s1. The predicted molar refractivity (Wildman–Crippen MR) is 90.6 cm³/mol. The Hall–Kier alpha value is -2.61. The smallest absolute Gasteiger partial charge is 0.418 e. The van der Waals surface area contributed by atoms with E-state index in [0.717, 1.165) is 10.8 Å². The van der Waals surface area contributed by atoms with Gasteiger partial charge in [-0.15, -0.1) is 0 Å². The van der Waals surface area contributed by atoms with Crippen LogP contribution in [0.2, 0.25) is 0 Å². The van der Waals surface area contributed by atoms with E-state index in [1.165, 1.54) is 21.1 Å². The number of benzene rings is 1. The molecule has 26 heavy (non-hydrogen) atoms. The van der Waals surface area contributed by atoms with Crippen LogP contribution in [0.15, 0.2) is 35.3 Å². The number of carbonyl (C=O) groups is 1. The Morgan fingerprint density at radius 1 is 1.27 bits per heavy atom. The van der Waals surface area contributed by atoms with E-state index in [9.17, 15) is 22.8 Å². The van der Waals surface area contributed by atoms with Gasteiger partial charge < -0.3 is 15.0 Å². The van der Waals surface area contributed by atoms with Crippen molar-refractivity contribution < 1.29 is 22.7 Å². The molecule has 140 valence electrons. The van der Waals surface area contributed by atoms with E-state index in [2.05, 4.69) is 4.74 Å². The van der Waals surface area contributed by atoms with Crippen LogP contribution in [0.5, 0.6) is 0 Å². The van der Waals surface area contributed by atoms with Crippen molar-refractivity contribution in [3.63, 3.8) is 0 Å². The Bertz CT molecular complexity index is 871. The van der Waals surface area contributed by atoms with Crippen LogP contribution >= 0.6 is 0 Å². The number of alkyl halides is 3. The molecule has 0 spiro atoms. The van der Waals surface area contributed by atoms with Gasteiger partial charge in [0.15, 0.2) is 0 Å². The van der Waals surface area contributed by atoms with Crippen LogP contribution < -0.4 is 11.3 Å². The first-order valence-corrected chi connectivity index (χ1v) is 7.76. The van der Waals surface area contributed by atoms with Crippen LogP contribution in [0.3, 0.4) is 0 Å². The summed E-state index contributed by atoms with van der Waals surface area (Å²) in [6.45, 7) is 1.28. The second kappa shape index (κ2) is 7.33. The molecule has 1 atom stereocenters. The van der Waals surface area contributed by atoms with Gasteiger partial charge in [-0.05, 0) is 30.0 Å². The number of carbonyl (C=O) groups excluding carboxylic acids is 1. The van der Waals surface area contributed by atoms with E-state index >= 15 is 0 Å². The van der Waals surface area contributed by atoms with Gasteiger partial charge in [-0.25, -0.2) is 0 Å². The fraction of sp³-hybridized carbons (Fsp3) is 0.333. The number of halogens is 3. The topological polar surface area (TPSA) is 74.3 Å². The average molecular weight is 368 g/mol. The average Bonchev–Trinajstić information content (AvgIpc) is 2.57. The monoisotopic (exact) mass is 368 g/mol. The van der Waals surface area contributed by atoms with Crippen molar-refractivity contribution in [1.82, 2.24) is 4.57 Å². The fourth-order valence-electron chi connectivity index (χ4n) is 2.74. The number of aromatic nitrogens is 1. The molecule has 1 heterocycles. The van der Waals surface area contributed by atoms with Gasteiger partial charge in [-0.2, -0.15) is 13.2 Å². The summed E-state index contributed by atoms with van der Waals surface area (Å²) in [7, 11) is 2.52. The zero-order chi connectivity index (χ0) is 19.6.